The second-order valence-electron chi connectivity index (χ2n) is 7.58. The van der Waals surface area contributed by atoms with Gasteiger partial charge in [0.25, 0.3) is 0 Å². The average molecular weight is 408 g/mol. The number of hydrogen-bond donors (Lipinski definition) is 1. The highest BCUT2D eigenvalue weighted by Crippen LogP contribution is 2.21. The number of anilines is 1. The van der Waals surface area contributed by atoms with E-state index in [0.717, 1.165) is 49.4 Å². The van der Waals surface area contributed by atoms with Crippen molar-refractivity contribution >= 4 is 34.0 Å². The summed E-state index contributed by atoms with van der Waals surface area (Å²) >= 11 is 5.62. The molecule has 29 heavy (non-hydrogen) atoms. The van der Waals surface area contributed by atoms with Crippen molar-refractivity contribution < 1.29 is 4.42 Å². The lowest BCUT2D eigenvalue weighted by Crippen LogP contribution is -2.49. The molecule has 0 aliphatic carbocycles. The second-order valence-corrected chi connectivity index (χ2v) is 7.97. The van der Waals surface area contributed by atoms with Crippen LogP contribution in [0.1, 0.15) is 16.7 Å². The standard InChI is InChI=1S/C23H25N3O2S/c1-16-5-3-4-6-18(16)15-25-9-11-26(12-10-25)23(29)24-19-7-8-20-17(2)13-22(27)28-21(20)14-19/h3-8,13-14H,9-12,15H2,1-2H3,(H,24,29). The molecular formula is C23H25N3O2S. The third kappa shape index (κ3) is 4.49. The largest absolute Gasteiger partial charge is 0.423 e. The van der Waals surface area contributed by atoms with Crippen molar-refractivity contribution in [2.45, 2.75) is 20.4 Å². The molecular weight excluding hydrogens is 382 g/mol. The minimum atomic E-state index is -0.334. The van der Waals surface area contributed by atoms with E-state index in [1.54, 1.807) is 0 Å². The maximum atomic E-state index is 11.6. The molecule has 0 bridgehead atoms. The van der Waals surface area contributed by atoms with Crippen LogP contribution in [0.25, 0.3) is 11.0 Å². The molecule has 1 saturated heterocycles. The Balaban J connectivity index is 1.37. The predicted octanol–water partition coefficient (Wildman–Crippen LogP) is 3.92. The lowest BCUT2D eigenvalue weighted by Gasteiger charge is -2.36. The first kappa shape index (κ1) is 19.6. The number of nitrogens with one attached hydrogen (secondary N) is 1. The van der Waals surface area contributed by atoms with Crippen LogP contribution in [0.4, 0.5) is 5.69 Å². The maximum absolute atomic E-state index is 11.6. The number of fused-ring (bicyclic) bond motifs is 1. The lowest BCUT2D eigenvalue weighted by atomic mass is 10.1. The summed E-state index contributed by atoms with van der Waals surface area (Å²) in [6.45, 7) is 8.78. The molecule has 1 aliphatic heterocycles. The Hall–Kier alpha value is -2.70. The van der Waals surface area contributed by atoms with Crippen LogP contribution in [-0.2, 0) is 6.54 Å². The van der Waals surface area contributed by atoms with Crippen molar-refractivity contribution in [1.82, 2.24) is 9.80 Å². The van der Waals surface area contributed by atoms with Crippen LogP contribution in [0.5, 0.6) is 0 Å². The molecule has 2 aromatic carbocycles. The zero-order valence-electron chi connectivity index (χ0n) is 16.8. The van der Waals surface area contributed by atoms with Gasteiger partial charge in [-0.15, -0.1) is 0 Å². The van der Waals surface area contributed by atoms with Crippen molar-refractivity contribution in [2.24, 2.45) is 0 Å². The van der Waals surface area contributed by atoms with E-state index in [9.17, 15) is 4.79 Å². The van der Waals surface area contributed by atoms with Crippen molar-refractivity contribution in [3.63, 3.8) is 0 Å². The minimum Gasteiger partial charge on any atom is -0.423 e. The van der Waals surface area contributed by atoms with Crippen LogP contribution < -0.4 is 10.9 Å². The van der Waals surface area contributed by atoms with Gasteiger partial charge < -0.3 is 14.6 Å². The van der Waals surface area contributed by atoms with Crippen LogP contribution in [0.2, 0.25) is 0 Å². The summed E-state index contributed by atoms with van der Waals surface area (Å²) in [5, 5.41) is 4.93. The van der Waals surface area contributed by atoms with E-state index in [1.807, 2.05) is 25.1 Å². The van der Waals surface area contributed by atoms with Gasteiger partial charge in [-0.05, 0) is 54.9 Å². The van der Waals surface area contributed by atoms with Gasteiger partial charge in [-0.25, -0.2) is 4.79 Å². The monoisotopic (exact) mass is 407 g/mol. The number of aryl methyl sites for hydroxylation is 2. The molecule has 150 valence electrons. The third-order valence-corrected chi connectivity index (χ3v) is 5.88. The zero-order chi connectivity index (χ0) is 20.4. The average Bonchev–Trinajstić information content (AvgIpc) is 2.70. The molecule has 5 nitrogen and oxygen atoms in total. The summed E-state index contributed by atoms with van der Waals surface area (Å²) in [6, 6.07) is 15.8. The van der Waals surface area contributed by atoms with Gasteiger partial charge in [0, 0.05) is 55.9 Å². The predicted molar refractivity (Wildman–Crippen MR) is 121 cm³/mol. The fourth-order valence-electron chi connectivity index (χ4n) is 3.74. The SMILES string of the molecule is Cc1ccccc1CN1CCN(C(=S)Nc2ccc3c(C)cc(=O)oc3c2)CC1. The second kappa shape index (κ2) is 8.35. The minimum absolute atomic E-state index is 0.334. The van der Waals surface area contributed by atoms with Gasteiger partial charge in [0.15, 0.2) is 5.11 Å². The zero-order valence-corrected chi connectivity index (χ0v) is 17.6. The summed E-state index contributed by atoms with van der Waals surface area (Å²) in [5.41, 5.74) is 4.71. The van der Waals surface area contributed by atoms with E-state index in [-0.39, 0.29) is 5.63 Å². The van der Waals surface area contributed by atoms with Crippen molar-refractivity contribution in [2.75, 3.05) is 31.5 Å². The molecule has 3 aromatic rings. The lowest BCUT2D eigenvalue weighted by molar-refractivity contribution is 0.176. The van der Waals surface area contributed by atoms with Gasteiger partial charge in [-0.1, -0.05) is 24.3 Å². The molecule has 1 aromatic heterocycles. The first-order valence-corrected chi connectivity index (χ1v) is 10.3. The van der Waals surface area contributed by atoms with E-state index >= 15 is 0 Å². The van der Waals surface area contributed by atoms with Gasteiger partial charge in [0.05, 0.1) is 0 Å². The van der Waals surface area contributed by atoms with E-state index in [1.165, 1.54) is 17.2 Å². The van der Waals surface area contributed by atoms with Crippen LogP contribution in [0, 0.1) is 13.8 Å². The molecule has 6 heteroatoms. The smallest absolute Gasteiger partial charge is 0.336 e. The highest BCUT2D eigenvalue weighted by Gasteiger charge is 2.19. The molecule has 1 fully saturated rings. The molecule has 4 rings (SSSR count). The molecule has 0 amide bonds. The number of rotatable bonds is 3. The number of benzene rings is 2. The van der Waals surface area contributed by atoms with E-state index in [4.69, 9.17) is 16.6 Å². The van der Waals surface area contributed by atoms with Gasteiger partial charge in [-0.2, -0.15) is 0 Å². The Kier molecular flexibility index (Phi) is 5.65. The Bertz CT molecular complexity index is 1100. The van der Waals surface area contributed by atoms with Crippen LogP contribution in [0.3, 0.4) is 0 Å². The summed E-state index contributed by atoms with van der Waals surface area (Å²) < 4.78 is 5.33. The molecule has 2 heterocycles. The molecule has 1 aliphatic rings. The van der Waals surface area contributed by atoms with Crippen molar-refractivity contribution in [3.05, 3.63) is 75.6 Å². The Morgan fingerprint density at radius 3 is 2.55 bits per heavy atom. The van der Waals surface area contributed by atoms with Crippen molar-refractivity contribution in [3.8, 4) is 0 Å². The van der Waals surface area contributed by atoms with Gasteiger partial charge >= 0.3 is 5.63 Å². The topological polar surface area (TPSA) is 48.7 Å². The molecule has 1 N–H and O–H groups in total. The summed E-state index contributed by atoms with van der Waals surface area (Å²) in [5.74, 6) is 0. The molecule has 0 saturated carbocycles. The Morgan fingerprint density at radius 2 is 1.79 bits per heavy atom. The fourth-order valence-corrected chi connectivity index (χ4v) is 4.04. The van der Waals surface area contributed by atoms with Crippen LogP contribution in [0.15, 0.2) is 57.7 Å². The first-order chi connectivity index (χ1) is 14.0. The van der Waals surface area contributed by atoms with Crippen molar-refractivity contribution in [1.29, 1.82) is 0 Å². The molecule has 0 unspecified atom stereocenters. The van der Waals surface area contributed by atoms with Gasteiger partial charge in [0.2, 0.25) is 0 Å². The van der Waals surface area contributed by atoms with E-state index in [2.05, 4.69) is 46.3 Å². The van der Waals surface area contributed by atoms with Gasteiger partial charge in [0.1, 0.15) is 5.58 Å². The number of hydrogen-bond acceptors (Lipinski definition) is 4. The first-order valence-electron chi connectivity index (χ1n) is 9.87. The summed E-state index contributed by atoms with van der Waals surface area (Å²) in [4.78, 5) is 16.3. The third-order valence-electron chi connectivity index (χ3n) is 5.52. The van der Waals surface area contributed by atoms with Gasteiger partial charge in [-0.3, -0.25) is 4.90 Å². The van der Waals surface area contributed by atoms with E-state index in [0.29, 0.717) is 10.7 Å². The molecule has 0 atom stereocenters. The number of piperazine rings is 1. The highest BCUT2D eigenvalue weighted by molar-refractivity contribution is 7.80. The molecule has 0 radical (unpaired) electrons. The number of thiocarbonyl (C=S) groups is 1. The summed E-state index contributed by atoms with van der Waals surface area (Å²) in [7, 11) is 0. The Morgan fingerprint density at radius 1 is 1.03 bits per heavy atom. The van der Waals surface area contributed by atoms with E-state index < -0.39 is 0 Å². The normalized spacial score (nSPS) is 14.9. The Labute approximate surface area is 175 Å². The van der Waals surface area contributed by atoms with Crippen LogP contribution in [-0.4, -0.2) is 41.1 Å². The number of nitrogens with zero attached hydrogens (tertiary/aromatic N) is 2. The molecule has 0 spiro atoms. The fraction of sp³-hybridized carbons (Fsp3) is 0.304. The summed E-state index contributed by atoms with van der Waals surface area (Å²) in [6.07, 6.45) is 0. The van der Waals surface area contributed by atoms with Crippen LogP contribution >= 0.6 is 12.2 Å². The quantitative estimate of drug-likeness (QED) is 0.525. The highest BCUT2D eigenvalue weighted by atomic mass is 32.1. The maximum Gasteiger partial charge on any atom is 0.336 e.